The molecule has 0 saturated carbocycles. The number of allylic oxidation sites excluding steroid dienone is 2. The Morgan fingerprint density at radius 1 is 1.50 bits per heavy atom. The molecular formula is C9H13N. The summed E-state index contributed by atoms with van der Waals surface area (Å²) in [5.41, 5.74) is 1.40. The first-order valence-corrected chi connectivity index (χ1v) is 3.49. The van der Waals surface area contributed by atoms with Crippen molar-refractivity contribution < 1.29 is 0 Å². The molecule has 10 heavy (non-hydrogen) atoms. The van der Waals surface area contributed by atoms with Gasteiger partial charge in [0.05, 0.1) is 6.07 Å². The highest BCUT2D eigenvalue weighted by Gasteiger charge is 1.96. The quantitative estimate of drug-likeness (QED) is 0.429. The van der Waals surface area contributed by atoms with E-state index in [0.717, 1.165) is 24.8 Å². The molecule has 0 aromatic rings. The Balaban J connectivity index is 3.66. The van der Waals surface area contributed by atoms with E-state index in [9.17, 15) is 0 Å². The molecular weight excluding hydrogens is 122 g/mol. The molecule has 0 atom stereocenters. The van der Waals surface area contributed by atoms with Crippen molar-refractivity contribution in [3.63, 3.8) is 0 Å². The van der Waals surface area contributed by atoms with Crippen LogP contribution in [0.2, 0.25) is 0 Å². The second-order valence-electron chi connectivity index (χ2n) is 2.30. The normalized spacial score (nSPS) is 8.40. The van der Waals surface area contributed by atoms with Crippen LogP contribution in [-0.2, 0) is 0 Å². The fourth-order valence-corrected chi connectivity index (χ4v) is 0.620. The van der Waals surface area contributed by atoms with Crippen molar-refractivity contribution in [1.82, 2.24) is 0 Å². The number of nitriles is 1. The molecule has 0 aliphatic heterocycles. The van der Waals surface area contributed by atoms with Gasteiger partial charge in [-0.3, -0.25) is 0 Å². The number of hydrogen-bond acceptors (Lipinski definition) is 1. The summed E-state index contributed by atoms with van der Waals surface area (Å²) in [4.78, 5) is 0. The van der Waals surface area contributed by atoms with Gasteiger partial charge in [0.2, 0.25) is 0 Å². The molecule has 0 rings (SSSR count). The highest BCUT2D eigenvalue weighted by atomic mass is 14.2. The van der Waals surface area contributed by atoms with Crippen LogP contribution < -0.4 is 0 Å². The number of rotatable bonds is 4. The van der Waals surface area contributed by atoms with E-state index in [1.807, 2.05) is 6.07 Å². The van der Waals surface area contributed by atoms with Crippen molar-refractivity contribution in [2.75, 3.05) is 0 Å². The van der Waals surface area contributed by atoms with Crippen molar-refractivity contribution in [2.24, 2.45) is 0 Å². The minimum atomic E-state index is 0.522. The Morgan fingerprint density at radius 2 is 2.10 bits per heavy atom. The van der Waals surface area contributed by atoms with Gasteiger partial charge in [0.1, 0.15) is 0 Å². The van der Waals surface area contributed by atoms with Gasteiger partial charge < -0.3 is 0 Å². The number of hydrogen-bond donors (Lipinski definition) is 0. The standard InChI is InChI=1S/C9H13N/c1-4-5-6-8(2)9(3)7-10/h2-6H2,1H3. The fraction of sp³-hybridized carbons (Fsp3) is 0.444. The molecule has 0 saturated heterocycles. The summed E-state index contributed by atoms with van der Waals surface area (Å²) in [6.45, 7) is 9.42. The van der Waals surface area contributed by atoms with Gasteiger partial charge in [0, 0.05) is 5.57 Å². The molecule has 1 nitrogen and oxygen atoms in total. The molecule has 0 amide bonds. The Labute approximate surface area is 62.7 Å². The maximum absolute atomic E-state index is 8.39. The molecule has 0 aliphatic carbocycles. The minimum absolute atomic E-state index is 0.522. The highest BCUT2D eigenvalue weighted by Crippen LogP contribution is 2.11. The highest BCUT2D eigenvalue weighted by molar-refractivity contribution is 5.36. The summed E-state index contributed by atoms with van der Waals surface area (Å²) in [5, 5.41) is 8.39. The van der Waals surface area contributed by atoms with Crippen LogP contribution in [0.5, 0.6) is 0 Å². The molecule has 0 radical (unpaired) electrons. The van der Waals surface area contributed by atoms with Crippen LogP contribution in [0.1, 0.15) is 26.2 Å². The van der Waals surface area contributed by atoms with Gasteiger partial charge in [-0.25, -0.2) is 0 Å². The Kier molecular flexibility index (Phi) is 4.32. The third-order valence-corrected chi connectivity index (χ3v) is 1.39. The van der Waals surface area contributed by atoms with E-state index in [1.54, 1.807) is 0 Å². The molecule has 0 heterocycles. The van der Waals surface area contributed by atoms with E-state index in [2.05, 4.69) is 20.1 Å². The zero-order valence-corrected chi connectivity index (χ0v) is 6.48. The summed E-state index contributed by atoms with van der Waals surface area (Å²) < 4.78 is 0. The van der Waals surface area contributed by atoms with E-state index in [1.165, 1.54) is 0 Å². The summed E-state index contributed by atoms with van der Waals surface area (Å²) >= 11 is 0. The van der Waals surface area contributed by atoms with Crippen molar-refractivity contribution >= 4 is 0 Å². The van der Waals surface area contributed by atoms with Gasteiger partial charge in [0.15, 0.2) is 0 Å². The van der Waals surface area contributed by atoms with E-state index in [-0.39, 0.29) is 0 Å². The first kappa shape index (κ1) is 8.97. The molecule has 1 heteroatoms. The van der Waals surface area contributed by atoms with Crippen LogP contribution in [0.4, 0.5) is 0 Å². The zero-order chi connectivity index (χ0) is 7.98. The van der Waals surface area contributed by atoms with Gasteiger partial charge in [-0.15, -0.1) is 0 Å². The summed E-state index contributed by atoms with van der Waals surface area (Å²) in [5.74, 6) is 0. The van der Waals surface area contributed by atoms with Gasteiger partial charge in [-0.1, -0.05) is 26.5 Å². The summed E-state index contributed by atoms with van der Waals surface area (Å²) in [6, 6.07) is 1.98. The van der Waals surface area contributed by atoms with E-state index < -0.39 is 0 Å². The lowest BCUT2D eigenvalue weighted by Crippen LogP contribution is -1.83. The van der Waals surface area contributed by atoms with Crippen LogP contribution in [0.25, 0.3) is 0 Å². The average molecular weight is 135 g/mol. The second kappa shape index (κ2) is 4.81. The van der Waals surface area contributed by atoms with Crippen LogP contribution in [0.3, 0.4) is 0 Å². The maximum atomic E-state index is 8.39. The van der Waals surface area contributed by atoms with Gasteiger partial charge in [-0.2, -0.15) is 5.26 Å². The Bertz CT molecular complexity index is 172. The first-order valence-electron chi connectivity index (χ1n) is 3.49. The van der Waals surface area contributed by atoms with E-state index in [0.29, 0.717) is 5.57 Å². The monoisotopic (exact) mass is 135 g/mol. The molecule has 0 spiro atoms. The predicted molar refractivity (Wildman–Crippen MR) is 43.4 cm³/mol. The lowest BCUT2D eigenvalue weighted by molar-refractivity contribution is 0.796. The fourth-order valence-electron chi connectivity index (χ4n) is 0.620. The average Bonchev–Trinajstić information content (AvgIpc) is 1.98. The lowest BCUT2D eigenvalue weighted by Gasteiger charge is -1.98. The van der Waals surface area contributed by atoms with E-state index >= 15 is 0 Å². The van der Waals surface area contributed by atoms with Crippen LogP contribution in [-0.4, -0.2) is 0 Å². The number of unbranched alkanes of at least 4 members (excludes halogenated alkanes) is 1. The van der Waals surface area contributed by atoms with Gasteiger partial charge >= 0.3 is 0 Å². The molecule has 0 aliphatic rings. The second-order valence-corrected chi connectivity index (χ2v) is 2.30. The SMILES string of the molecule is C=C(C#N)C(=C)CCCC. The molecule has 0 fully saturated rings. The number of nitrogens with zero attached hydrogens (tertiary/aromatic N) is 1. The minimum Gasteiger partial charge on any atom is -0.192 e. The Morgan fingerprint density at radius 3 is 2.50 bits per heavy atom. The predicted octanol–water partition coefficient (Wildman–Crippen LogP) is 2.81. The largest absolute Gasteiger partial charge is 0.192 e. The summed E-state index contributed by atoms with van der Waals surface area (Å²) in [7, 11) is 0. The van der Waals surface area contributed by atoms with Crippen LogP contribution in [0, 0.1) is 11.3 Å². The Hall–Kier alpha value is -1.03. The third kappa shape index (κ3) is 3.09. The topological polar surface area (TPSA) is 23.8 Å². The van der Waals surface area contributed by atoms with Crippen LogP contribution >= 0.6 is 0 Å². The third-order valence-electron chi connectivity index (χ3n) is 1.39. The van der Waals surface area contributed by atoms with E-state index in [4.69, 9.17) is 5.26 Å². The van der Waals surface area contributed by atoms with Gasteiger partial charge in [0.25, 0.3) is 0 Å². The van der Waals surface area contributed by atoms with Crippen molar-refractivity contribution in [2.45, 2.75) is 26.2 Å². The molecule has 0 aromatic heterocycles. The first-order chi connectivity index (χ1) is 4.72. The molecule has 0 N–H and O–H groups in total. The van der Waals surface area contributed by atoms with Gasteiger partial charge in [-0.05, 0) is 18.4 Å². The van der Waals surface area contributed by atoms with Crippen molar-refractivity contribution in [3.05, 3.63) is 24.3 Å². The molecule has 54 valence electrons. The molecule has 0 bridgehead atoms. The maximum Gasteiger partial charge on any atom is 0.0988 e. The summed E-state index contributed by atoms with van der Waals surface area (Å²) in [6.07, 6.45) is 3.14. The molecule has 0 aromatic carbocycles. The van der Waals surface area contributed by atoms with Crippen LogP contribution in [0.15, 0.2) is 24.3 Å². The van der Waals surface area contributed by atoms with Crippen molar-refractivity contribution in [1.29, 1.82) is 5.26 Å². The molecule has 0 unspecified atom stereocenters. The van der Waals surface area contributed by atoms with Crippen molar-refractivity contribution in [3.8, 4) is 6.07 Å². The smallest absolute Gasteiger partial charge is 0.0988 e. The lowest BCUT2D eigenvalue weighted by atomic mass is 10.1. The zero-order valence-electron chi connectivity index (χ0n) is 6.48.